The van der Waals surface area contributed by atoms with Gasteiger partial charge >= 0.3 is 12.4 Å². The van der Waals surface area contributed by atoms with Crippen molar-refractivity contribution in [3.05, 3.63) is 76.8 Å². The molecule has 0 spiro atoms. The minimum atomic E-state index is -5.24. The second kappa shape index (κ2) is 10.4. The molecule has 3 rings (SSSR count). The number of sulfonamides is 1. The lowest BCUT2D eigenvalue weighted by atomic mass is 10.1. The maximum absolute atomic E-state index is 13.1. The van der Waals surface area contributed by atoms with Crippen LogP contribution < -0.4 is 10.0 Å². The summed E-state index contributed by atoms with van der Waals surface area (Å²) in [5, 5.41) is 2.59. The van der Waals surface area contributed by atoms with Crippen LogP contribution in [0.2, 0.25) is 5.02 Å². The van der Waals surface area contributed by atoms with Crippen LogP contribution in [0.15, 0.2) is 60.0 Å². The molecule has 0 aliphatic carbocycles. The lowest BCUT2D eigenvalue weighted by molar-refractivity contribution is -0.143. The molecular formula is C21H17ClF6N4O3S. The van der Waals surface area contributed by atoms with Gasteiger partial charge in [-0.3, -0.25) is 9.52 Å². The Morgan fingerprint density at radius 1 is 1.00 bits per heavy atom. The van der Waals surface area contributed by atoms with Gasteiger partial charge in [-0.05, 0) is 42.8 Å². The Hall–Kier alpha value is -3.26. The minimum absolute atomic E-state index is 0.0416. The van der Waals surface area contributed by atoms with E-state index < -0.39 is 50.0 Å². The molecule has 0 aliphatic rings. The molecule has 2 N–H and O–H groups in total. The number of rotatable bonds is 8. The van der Waals surface area contributed by atoms with Gasteiger partial charge in [-0.1, -0.05) is 11.6 Å². The summed E-state index contributed by atoms with van der Waals surface area (Å²) in [5.41, 5.74) is -4.27. The van der Waals surface area contributed by atoms with Crippen molar-refractivity contribution in [2.75, 3.05) is 11.3 Å². The van der Waals surface area contributed by atoms with Crippen LogP contribution in [0.3, 0.4) is 0 Å². The minimum Gasteiger partial charge on any atom is -0.352 e. The van der Waals surface area contributed by atoms with Crippen molar-refractivity contribution in [3.63, 3.8) is 0 Å². The molecule has 36 heavy (non-hydrogen) atoms. The summed E-state index contributed by atoms with van der Waals surface area (Å²) >= 11 is 5.90. The molecule has 0 aliphatic heterocycles. The van der Waals surface area contributed by atoms with E-state index in [9.17, 15) is 39.6 Å². The number of nitrogens with one attached hydrogen (secondary N) is 2. The summed E-state index contributed by atoms with van der Waals surface area (Å²) in [6, 6.07) is 3.33. The van der Waals surface area contributed by atoms with Gasteiger partial charge in [0.25, 0.3) is 15.9 Å². The van der Waals surface area contributed by atoms with Crippen LogP contribution in [-0.2, 0) is 28.9 Å². The van der Waals surface area contributed by atoms with Gasteiger partial charge in [-0.15, -0.1) is 0 Å². The second-order valence-electron chi connectivity index (χ2n) is 7.45. The van der Waals surface area contributed by atoms with E-state index in [1.165, 1.54) is 6.07 Å². The highest BCUT2D eigenvalue weighted by Gasteiger charge is 2.38. The van der Waals surface area contributed by atoms with Crippen molar-refractivity contribution < 1.29 is 39.6 Å². The van der Waals surface area contributed by atoms with Crippen molar-refractivity contribution in [3.8, 4) is 0 Å². The van der Waals surface area contributed by atoms with Gasteiger partial charge in [0.1, 0.15) is 0 Å². The Morgan fingerprint density at radius 3 is 2.19 bits per heavy atom. The number of halogens is 7. The first-order valence-corrected chi connectivity index (χ1v) is 11.9. The molecule has 7 nitrogen and oxygen atoms in total. The molecular weight excluding hydrogens is 538 g/mol. The zero-order valence-corrected chi connectivity index (χ0v) is 19.6. The molecule has 0 fully saturated rings. The summed E-state index contributed by atoms with van der Waals surface area (Å²) < 4.78 is 108. The maximum atomic E-state index is 13.1. The summed E-state index contributed by atoms with van der Waals surface area (Å²) in [4.78, 5) is 15.2. The van der Waals surface area contributed by atoms with Gasteiger partial charge in [0.05, 0.1) is 33.6 Å². The largest absolute Gasteiger partial charge is 0.416 e. The van der Waals surface area contributed by atoms with Crippen molar-refractivity contribution in [2.24, 2.45) is 0 Å². The normalized spacial score (nSPS) is 12.4. The first-order chi connectivity index (χ1) is 16.7. The van der Waals surface area contributed by atoms with E-state index in [1.54, 1.807) is 23.3 Å². The highest BCUT2D eigenvalue weighted by Crippen LogP contribution is 2.37. The quantitative estimate of drug-likeness (QED) is 0.296. The predicted molar refractivity (Wildman–Crippen MR) is 118 cm³/mol. The number of carbonyl (C=O) groups excluding carboxylic acids is 1. The Kier molecular flexibility index (Phi) is 7.88. The third kappa shape index (κ3) is 6.91. The fourth-order valence-corrected chi connectivity index (χ4v) is 4.38. The topological polar surface area (TPSA) is 93.1 Å². The maximum Gasteiger partial charge on any atom is 0.416 e. The standard InChI is InChI=1S/C21H17ClF6N4O3S/c22-15-2-3-18(17(11-15)19(33)30-4-1-6-32-7-5-29-12-32)31-36(34,35)16-9-13(20(23,24)25)8-14(10-16)21(26,27)28/h2-3,5,7-12,31H,1,4,6H2,(H,30,33). The fourth-order valence-electron chi connectivity index (χ4n) is 3.06. The van der Waals surface area contributed by atoms with Crippen LogP contribution in [0.25, 0.3) is 0 Å². The summed E-state index contributed by atoms with van der Waals surface area (Å²) in [7, 11) is -4.99. The van der Waals surface area contributed by atoms with Crippen molar-refractivity contribution >= 4 is 33.2 Å². The van der Waals surface area contributed by atoms with Crippen molar-refractivity contribution in [2.45, 2.75) is 30.2 Å². The monoisotopic (exact) mass is 554 g/mol. The van der Waals surface area contributed by atoms with E-state index in [2.05, 4.69) is 10.3 Å². The van der Waals surface area contributed by atoms with Crippen molar-refractivity contribution in [1.29, 1.82) is 0 Å². The van der Waals surface area contributed by atoms with Crippen molar-refractivity contribution in [1.82, 2.24) is 14.9 Å². The Balaban J connectivity index is 1.87. The van der Waals surface area contributed by atoms with E-state index in [0.717, 1.165) is 12.1 Å². The number of aromatic nitrogens is 2. The Bertz CT molecular complexity index is 1310. The molecule has 1 amide bonds. The van der Waals surface area contributed by atoms with Gasteiger partial charge in [0, 0.05) is 30.5 Å². The zero-order chi connectivity index (χ0) is 26.7. The van der Waals surface area contributed by atoms with Gasteiger partial charge < -0.3 is 9.88 Å². The molecule has 1 heterocycles. The number of alkyl halides is 6. The third-order valence-corrected chi connectivity index (χ3v) is 6.36. The molecule has 0 radical (unpaired) electrons. The lowest BCUT2D eigenvalue weighted by Crippen LogP contribution is -2.27. The Labute approximate surface area is 206 Å². The fraction of sp³-hybridized carbons (Fsp3) is 0.238. The smallest absolute Gasteiger partial charge is 0.352 e. The average molecular weight is 555 g/mol. The Morgan fingerprint density at radius 2 is 1.64 bits per heavy atom. The molecule has 0 atom stereocenters. The van der Waals surface area contributed by atoms with Crippen LogP contribution >= 0.6 is 11.6 Å². The van der Waals surface area contributed by atoms with Gasteiger partial charge in [0.2, 0.25) is 0 Å². The summed E-state index contributed by atoms with van der Waals surface area (Å²) in [5.74, 6) is -0.763. The first kappa shape index (κ1) is 27.3. The van der Waals surface area contributed by atoms with E-state index in [4.69, 9.17) is 11.6 Å². The molecule has 0 saturated carbocycles. The molecule has 0 saturated heterocycles. The van der Waals surface area contributed by atoms with Crippen LogP contribution in [0, 0.1) is 0 Å². The summed E-state index contributed by atoms with van der Waals surface area (Å²) in [6.07, 6.45) is -5.15. The van der Waals surface area contributed by atoms with Crippen LogP contribution in [0.1, 0.15) is 27.9 Å². The lowest BCUT2D eigenvalue weighted by Gasteiger charge is -2.16. The van der Waals surface area contributed by atoms with E-state index in [1.807, 2.05) is 4.72 Å². The highest BCUT2D eigenvalue weighted by atomic mass is 35.5. The van der Waals surface area contributed by atoms with Crippen LogP contribution in [0.4, 0.5) is 32.0 Å². The molecule has 3 aromatic rings. The van der Waals surface area contributed by atoms with Gasteiger partial charge in [-0.25, -0.2) is 13.4 Å². The molecule has 1 aromatic heterocycles. The average Bonchev–Trinajstić information content (AvgIpc) is 3.30. The number of aryl methyl sites for hydroxylation is 1. The SMILES string of the molecule is O=C(NCCCn1ccnc1)c1cc(Cl)ccc1NS(=O)(=O)c1cc(C(F)(F)F)cc(C(F)(F)F)c1. The van der Waals surface area contributed by atoms with Crippen LogP contribution in [0.5, 0.6) is 0 Å². The zero-order valence-electron chi connectivity index (χ0n) is 18.0. The van der Waals surface area contributed by atoms with E-state index in [-0.39, 0.29) is 35.3 Å². The van der Waals surface area contributed by atoms with E-state index >= 15 is 0 Å². The second-order valence-corrected chi connectivity index (χ2v) is 9.57. The number of hydrogen-bond donors (Lipinski definition) is 2. The van der Waals surface area contributed by atoms with Gasteiger partial charge in [0.15, 0.2) is 0 Å². The first-order valence-electron chi connectivity index (χ1n) is 10.0. The number of imidazole rings is 1. The number of nitrogens with zero attached hydrogens (tertiary/aromatic N) is 2. The predicted octanol–water partition coefficient (Wildman–Crippen LogP) is 5.20. The molecule has 194 valence electrons. The third-order valence-electron chi connectivity index (χ3n) is 4.78. The molecule has 15 heteroatoms. The highest BCUT2D eigenvalue weighted by molar-refractivity contribution is 7.92. The number of hydrogen-bond acceptors (Lipinski definition) is 4. The molecule has 0 unspecified atom stereocenters. The van der Waals surface area contributed by atoms with Gasteiger partial charge in [-0.2, -0.15) is 26.3 Å². The van der Waals surface area contributed by atoms with Crippen LogP contribution in [-0.4, -0.2) is 30.4 Å². The number of anilines is 1. The summed E-state index contributed by atoms with van der Waals surface area (Å²) in [6.45, 7) is 0.685. The van der Waals surface area contributed by atoms with E-state index in [0.29, 0.717) is 13.0 Å². The molecule has 2 aromatic carbocycles. The number of carbonyl (C=O) groups is 1. The molecule has 0 bridgehead atoms. The number of amides is 1. The number of benzene rings is 2.